The van der Waals surface area contributed by atoms with Crippen LogP contribution in [0.5, 0.6) is 17.2 Å². The minimum atomic E-state index is 0.563. The van der Waals surface area contributed by atoms with E-state index in [1.165, 1.54) is 5.56 Å². The van der Waals surface area contributed by atoms with Gasteiger partial charge in [0, 0.05) is 6.54 Å². The standard InChI is InChI=1S/C25H25N3O3S/c1-29-20-15-18(16-21(30-2)23(20)31-3)9-10-22-27-19-12-14-32-24(19)25(28-22)26-13-11-17-7-5-4-6-8-17/h4-10,12,14-16H,11,13H2,1-3H3,(H,26,27,28)/b10-9+. The number of thiophene rings is 1. The second kappa shape index (κ2) is 10.2. The molecule has 0 saturated heterocycles. The number of rotatable bonds is 9. The molecule has 0 radical (unpaired) electrons. The van der Waals surface area contributed by atoms with E-state index in [1.807, 2.05) is 41.8 Å². The third-order valence-electron chi connectivity index (χ3n) is 4.98. The van der Waals surface area contributed by atoms with Crippen molar-refractivity contribution < 1.29 is 14.2 Å². The molecule has 0 fully saturated rings. The summed E-state index contributed by atoms with van der Waals surface area (Å²) in [6.07, 6.45) is 4.75. The lowest BCUT2D eigenvalue weighted by Gasteiger charge is -2.12. The topological polar surface area (TPSA) is 65.5 Å². The van der Waals surface area contributed by atoms with Gasteiger partial charge in [-0.2, -0.15) is 0 Å². The van der Waals surface area contributed by atoms with Gasteiger partial charge in [-0.05, 0) is 47.2 Å². The van der Waals surface area contributed by atoms with E-state index in [-0.39, 0.29) is 0 Å². The highest BCUT2D eigenvalue weighted by molar-refractivity contribution is 7.17. The molecule has 0 atom stereocenters. The molecule has 2 aromatic heterocycles. The zero-order chi connectivity index (χ0) is 22.3. The smallest absolute Gasteiger partial charge is 0.203 e. The fraction of sp³-hybridized carbons (Fsp3) is 0.200. The summed E-state index contributed by atoms with van der Waals surface area (Å²) in [5.74, 6) is 3.25. The molecule has 6 nitrogen and oxygen atoms in total. The molecule has 0 saturated carbocycles. The van der Waals surface area contributed by atoms with E-state index >= 15 is 0 Å². The highest BCUT2D eigenvalue weighted by Gasteiger charge is 2.12. The van der Waals surface area contributed by atoms with E-state index < -0.39 is 0 Å². The molecular formula is C25H25N3O3S. The van der Waals surface area contributed by atoms with Crippen molar-refractivity contribution in [1.82, 2.24) is 9.97 Å². The number of methoxy groups -OCH3 is 3. The summed E-state index contributed by atoms with van der Waals surface area (Å²) in [6.45, 7) is 0.796. The molecule has 7 heteroatoms. The highest BCUT2D eigenvalue weighted by atomic mass is 32.1. The fourth-order valence-electron chi connectivity index (χ4n) is 3.41. The first kappa shape index (κ1) is 21.6. The fourth-order valence-corrected chi connectivity index (χ4v) is 4.21. The summed E-state index contributed by atoms with van der Waals surface area (Å²) < 4.78 is 17.3. The predicted octanol–water partition coefficient (Wildman–Crippen LogP) is 5.54. The Balaban J connectivity index is 1.57. The summed E-state index contributed by atoms with van der Waals surface area (Å²) in [4.78, 5) is 9.43. The molecule has 0 aliphatic carbocycles. The Morgan fingerprint density at radius 3 is 2.34 bits per heavy atom. The van der Waals surface area contributed by atoms with Crippen LogP contribution in [0.3, 0.4) is 0 Å². The molecule has 0 spiro atoms. The van der Waals surface area contributed by atoms with Crippen LogP contribution in [-0.4, -0.2) is 37.8 Å². The van der Waals surface area contributed by atoms with E-state index in [1.54, 1.807) is 32.7 Å². The lowest BCUT2D eigenvalue weighted by atomic mass is 10.1. The summed E-state index contributed by atoms with van der Waals surface area (Å²) in [7, 11) is 4.80. The van der Waals surface area contributed by atoms with Gasteiger partial charge in [-0.25, -0.2) is 9.97 Å². The summed E-state index contributed by atoms with van der Waals surface area (Å²) in [5, 5.41) is 5.52. The minimum Gasteiger partial charge on any atom is -0.493 e. The van der Waals surface area contributed by atoms with Gasteiger partial charge < -0.3 is 19.5 Å². The largest absolute Gasteiger partial charge is 0.493 e. The lowest BCUT2D eigenvalue weighted by Crippen LogP contribution is -2.07. The van der Waals surface area contributed by atoms with Crippen molar-refractivity contribution in [3.8, 4) is 17.2 Å². The van der Waals surface area contributed by atoms with Crippen LogP contribution in [0.15, 0.2) is 53.9 Å². The first-order valence-corrected chi connectivity index (χ1v) is 11.1. The Labute approximate surface area is 191 Å². The summed E-state index contributed by atoms with van der Waals surface area (Å²) in [6, 6.07) is 16.2. The maximum atomic E-state index is 5.44. The summed E-state index contributed by atoms with van der Waals surface area (Å²) in [5.41, 5.74) is 3.11. The summed E-state index contributed by atoms with van der Waals surface area (Å²) >= 11 is 1.64. The number of benzene rings is 2. The Morgan fingerprint density at radius 2 is 1.66 bits per heavy atom. The molecule has 0 bridgehead atoms. The molecule has 0 amide bonds. The normalized spacial score (nSPS) is 11.1. The molecular weight excluding hydrogens is 422 g/mol. The zero-order valence-electron chi connectivity index (χ0n) is 18.3. The van der Waals surface area contributed by atoms with Gasteiger partial charge in [0.25, 0.3) is 0 Å². The van der Waals surface area contributed by atoms with Gasteiger partial charge in [0.15, 0.2) is 17.3 Å². The van der Waals surface area contributed by atoms with Crippen molar-refractivity contribution in [3.05, 3.63) is 70.9 Å². The van der Waals surface area contributed by atoms with E-state index in [0.29, 0.717) is 23.1 Å². The zero-order valence-corrected chi connectivity index (χ0v) is 19.1. The van der Waals surface area contributed by atoms with Gasteiger partial charge in [0.1, 0.15) is 5.82 Å². The first-order valence-electron chi connectivity index (χ1n) is 10.2. The van der Waals surface area contributed by atoms with Gasteiger partial charge in [0.05, 0.1) is 31.5 Å². The average Bonchev–Trinajstić information content (AvgIpc) is 3.31. The molecule has 0 unspecified atom stereocenters. The highest BCUT2D eigenvalue weighted by Crippen LogP contribution is 2.38. The van der Waals surface area contributed by atoms with Crippen molar-refractivity contribution in [2.75, 3.05) is 33.2 Å². The number of hydrogen-bond donors (Lipinski definition) is 1. The predicted molar refractivity (Wildman–Crippen MR) is 131 cm³/mol. The molecule has 32 heavy (non-hydrogen) atoms. The van der Waals surface area contributed by atoms with Crippen molar-refractivity contribution in [2.45, 2.75) is 6.42 Å². The Bertz CT molecular complexity index is 1200. The van der Waals surface area contributed by atoms with Crippen LogP contribution in [0.1, 0.15) is 17.0 Å². The van der Waals surface area contributed by atoms with Crippen LogP contribution < -0.4 is 19.5 Å². The molecule has 4 rings (SSSR count). The number of anilines is 1. The van der Waals surface area contributed by atoms with Gasteiger partial charge in [0.2, 0.25) is 5.75 Å². The number of nitrogens with one attached hydrogen (secondary N) is 1. The molecule has 1 N–H and O–H groups in total. The lowest BCUT2D eigenvalue weighted by molar-refractivity contribution is 0.324. The van der Waals surface area contributed by atoms with E-state index in [0.717, 1.165) is 34.6 Å². The second-order valence-electron chi connectivity index (χ2n) is 7.02. The Morgan fingerprint density at radius 1 is 0.906 bits per heavy atom. The first-order chi connectivity index (χ1) is 15.7. The quantitative estimate of drug-likeness (QED) is 0.363. The third-order valence-corrected chi connectivity index (χ3v) is 5.89. The van der Waals surface area contributed by atoms with Crippen molar-refractivity contribution in [2.24, 2.45) is 0 Å². The van der Waals surface area contributed by atoms with Crippen LogP contribution in [0, 0.1) is 0 Å². The van der Waals surface area contributed by atoms with Gasteiger partial charge in [-0.15, -0.1) is 11.3 Å². The molecule has 0 aliphatic heterocycles. The van der Waals surface area contributed by atoms with Crippen LogP contribution in [0.4, 0.5) is 5.82 Å². The molecule has 2 aromatic carbocycles. The number of hydrogen-bond acceptors (Lipinski definition) is 7. The average molecular weight is 448 g/mol. The van der Waals surface area contributed by atoms with Crippen LogP contribution in [-0.2, 0) is 6.42 Å². The van der Waals surface area contributed by atoms with Gasteiger partial charge in [-0.3, -0.25) is 0 Å². The number of nitrogens with zero attached hydrogens (tertiary/aromatic N) is 2. The minimum absolute atomic E-state index is 0.563. The van der Waals surface area contributed by atoms with E-state index in [4.69, 9.17) is 19.2 Å². The third kappa shape index (κ3) is 4.84. The van der Waals surface area contributed by atoms with Crippen molar-refractivity contribution in [1.29, 1.82) is 0 Å². The Hall–Kier alpha value is -3.58. The van der Waals surface area contributed by atoms with Crippen molar-refractivity contribution in [3.63, 3.8) is 0 Å². The van der Waals surface area contributed by atoms with E-state index in [9.17, 15) is 0 Å². The molecule has 2 heterocycles. The second-order valence-corrected chi connectivity index (χ2v) is 7.94. The number of ether oxygens (including phenoxy) is 3. The molecule has 0 aliphatic rings. The SMILES string of the molecule is COc1cc(/C=C/c2nc(NCCc3ccccc3)c3sccc3n2)cc(OC)c1OC. The number of aromatic nitrogens is 2. The van der Waals surface area contributed by atoms with E-state index in [2.05, 4.69) is 34.6 Å². The van der Waals surface area contributed by atoms with Crippen LogP contribution >= 0.6 is 11.3 Å². The molecule has 164 valence electrons. The van der Waals surface area contributed by atoms with Gasteiger partial charge in [-0.1, -0.05) is 36.4 Å². The monoisotopic (exact) mass is 447 g/mol. The Kier molecular flexibility index (Phi) is 6.87. The van der Waals surface area contributed by atoms with Crippen molar-refractivity contribution >= 4 is 39.5 Å². The maximum absolute atomic E-state index is 5.44. The molecule has 4 aromatic rings. The maximum Gasteiger partial charge on any atom is 0.203 e. The number of fused-ring (bicyclic) bond motifs is 1. The van der Waals surface area contributed by atoms with Crippen LogP contribution in [0.25, 0.3) is 22.4 Å². The van der Waals surface area contributed by atoms with Gasteiger partial charge >= 0.3 is 0 Å². The van der Waals surface area contributed by atoms with Crippen LogP contribution in [0.2, 0.25) is 0 Å².